The minimum Gasteiger partial charge on any atom is -0.378 e. The molecule has 17 heavy (non-hydrogen) atoms. The summed E-state index contributed by atoms with van der Waals surface area (Å²) in [5.74, 6) is 1.81. The van der Waals surface area contributed by atoms with Gasteiger partial charge in [0.1, 0.15) is 0 Å². The van der Waals surface area contributed by atoms with Crippen LogP contribution < -0.4 is 5.32 Å². The van der Waals surface area contributed by atoms with Crippen molar-refractivity contribution in [2.24, 2.45) is 11.8 Å². The van der Waals surface area contributed by atoms with Crippen molar-refractivity contribution in [3.05, 3.63) is 0 Å². The molecule has 0 aliphatic carbocycles. The summed E-state index contributed by atoms with van der Waals surface area (Å²) in [6.45, 7) is 5.00. The summed E-state index contributed by atoms with van der Waals surface area (Å²) >= 11 is 0. The number of piperidine rings is 1. The zero-order valence-electron chi connectivity index (χ0n) is 10.4. The van der Waals surface area contributed by atoms with Crippen LogP contribution in [0.25, 0.3) is 0 Å². The lowest BCUT2D eigenvalue weighted by atomic mass is 9.88. The van der Waals surface area contributed by atoms with Crippen molar-refractivity contribution in [1.29, 1.82) is 0 Å². The Bertz CT molecular complexity index is 289. The Morgan fingerprint density at radius 3 is 3.00 bits per heavy atom. The van der Waals surface area contributed by atoms with E-state index in [1.54, 1.807) is 0 Å². The van der Waals surface area contributed by atoms with Crippen LogP contribution in [-0.4, -0.2) is 49.7 Å². The van der Waals surface area contributed by atoms with Crippen LogP contribution in [0.2, 0.25) is 0 Å². The number of nitrogens with one attached hydrogen (secondary N) is 1. The molecule has 3 atom stereocenters. The summed E-state index contributed by atoms with van der Waals surface area (Å²) in [6.07, 6.45) is 4.15. The van der Waals surface area contributed by atoms with E-state index in [9.17, 15) is 4.79 Å². The molecular weight excluding hydrogens is 216 g/mol. The average molecular weight is 238 g/mol. The highest BCUT2D eigenvalue weighted by atomic mass is 16.5. The summed E-state index contributed by atoms with van der Waals surface area (Å²) < 4.78 is 5.54. The Hall–Kier alpha value is -0.610. The zero-order chi connectivity index (χ0) is 11.7. The predicted octanol–water partition coefficient (Wildman–Crippen LogP) is 0.623. The summed E-state index contributed by atoms with van der Waals surface area (Å²) in [4.78, 5) is 14.2. The molecule has 0 saturated carbocycles. The number of hydrogen-bond donors (Lipinski definition) is 1. The fourth-order valence-corrected chi connectivity index (χ4v) is 3.39. The number of likely N-dealkylation sites (tertiary alicyclic amines) is 1. The van der Waals surface area contributed by atoms with Crippen molar-refractivity contribution in [1.82, 2.24) is 10.2 Å². The van der Waals surface area contributed by atoms with Gasteiger partial charge in [0.15, 0.2) is 0 Å². The van der Waals surface area contributed by atoms with E-state index >= 15 is 0 Å². The van der Waals surface area contributed by atoms with Crippen LogP contribution in [0.5, 0.6) is 0 Å². The van der Waals surface area contributed by atoms with Gasteiger partial charge in [-0.25, -0.2) is 0 Å². The van der Waals surface area contributed by atoms with Crippen molar-refractivity contribution in [3.63, 3.8) is 0 Å². The van der Waals surface area contributed by atoms with Gasteiger partial charge >= 0.3 is 0 Å². The number of fused-ring (bicyclic) bond motifs is 1. The van der Waals surface area contributed by atoms with Gasteiger partial charge in [-0.1, -0.05) is 0 Å². The summed E-state index contributed by atoms with van der Waals surface area (Å²) in [7, 11) is 0. The first-order valence-electron chi connectivity index (χ1n) is 6.93. The van der Waals surface area contributed by atoms with E-state index in [0.29, 0.717) is 18.2 Å². The maximum absolute atomic E-state index is 12.2. The van der Waals surface area contributed by atoms with Crippen LogP contribution in [-0.2, 0) is 9.53 Å². The fraction of sp³-hybridized carbons (Fsp3) is 0.923. The highest BCUT2D eigenvalue weighted by Gasteiger charge is 2.35. The highest BCUT2D eigenvalue weighted by molar-refractivity contribution is 5.76. The van der Waals surface area contributed by atoms with E-state index in [2.05, 4.69) is 10.2 Å². The predicted molar refractivity (Wildman–Crippen MR) is 64.6 cm³/mol. The number of carbonyl (C=O) groups is 1. The number of nitrogens with zero attached hydrogens (tertiary/aromatic N) is 1. The van der Waals surface area contributed by atoms with Crippen LogP contribution in [0.3, 0.4) is 0 Å². The molecule has 0 aromatic carbocycles. The highest BCUT2D eigenvalue weighted by Crippen LogP contribution is 2.27. The second-order valence-corrected chi connectivity index (χ2v) is 5.65. The lowest BCUT2D eigenvalue weighted by Crippen LogP contribution is -2.44. The molecule has 0 aromatic heterocycles. The second-order valence-electron chi connectivity index (χ2n) is 5.65. The molecule has 3 aliphatic heterocycles. The fourth-order valence-electron chi connectivity index (χ4n) is 3.39. The molecule has 3 aliphatic rings. The Kier molecular flexibility index (Phi) is 3.34. The third kappa shape index (κ3) is 2.47. The molecule has 1 N–H and O–H groups in total. The van der Waals surface area contributed by atoms with Crippen molar-refractivity contribution in [2.45, 2.75) is 31.8 Å². The van der Waals surface area contributed by atoms with Crippen molar-refractivity contribution < 1.29 is 9.53 Å². The average Bonchev–Trinajstić information content (AvgIpc) is 2.97. The Morgan fingerprint density at radius 2 is 2.18 bits per heavy atom. The molecule has 3 fully saturated rings. The van der Waals surface area contributed by atoms with E-state index < -0.39 is 0 Å². The Labute approximate surface area is 103 Å². The monoisotopic (exact) mass is 238 g/mol. The summed E-state index contributed by atoms with van der Waals surface area (Å²) in [6, 6.07) is 0. The van der Waals surface area contributed by atoms with E-state index in [-0.39, 0.29) is 6.10 Å². The van der Waals surface area contributed by atoms with E-state index in [0.717, 1.165) is 51.5 Å². The molecule has 0 aromatic rings. The molecule has 3 unspecified atom stereocenters. The molecule has 4 nitrogen and oxygen atoms in total. The molecule has 3 rings (SSSR count). The van der Waals surface area contributed by atoms with Gasteiger partial charge < -0.3 is 15.0 Å². The summed E-state index contributed by atoms with van der Waals surface area (Å²) in [5, 5.41) is 3.43. The van der Waals surface area contributed by atoms with Gasteiger partial charge in [-0.05, 0) is 44.2 Å². The summed E-state index contributed by atoms with van der Waals surface area (Å²) in [5.41, 5.74) is 0. The molecule has 0 spiro atoms. The maximum Gasteiger partial charge on any atom is 0.225 e. The maximum atomic E-state index is 12.2. The molecule has 3 heterocycles. The molecular formula is C13H22N2O2. The van der Waals surface area contributed by atoms with E-state index in [4.69, 9.17) is 4.74 Å². The smallest absolute Gasteiger partial charge is 0.225 e. The number of amides is 1. The molecule has 96 valence electrons. The molecule has 0 radical (unpaired) electrons. The number of rotatable bonds is 2. The van der Waals surface area contributed by atoms with Gasteiger partial charge in [0, 0.05) is 19.7 Å². The lowest BCUT2D eigenvalue weighted by molar-refractivity contribution is -0.135. The SMILES string of the molecule is O=C(CC1CCCO1)N1CCC2CNCC2C1. The van der Waals surface area contributed by atoms with Crippen LogP contribution >= 0.6 is 0 Å². The lowest BCUT2D eigenvalue weighted by Gasteiger charge is -2.35. The minimum absolute atomic E-state index is 0.196. The van der Waals surface area contributed by atoms with Crippen LogP contribution in [0.15, 0.2) is 0 Å². The first kappa shape index (κ1) is 11.5. The quantitative estimate of drug-likeness (QED) is 0.767. The molecule has 0 bridgehead atoms. The van der Waals surface area contributed by atoms with Gasteiger partial charge in [-0.15, -0.1) is 0 Å². The minimum atomic E-state index is 0.196. The molecule has 4 heteroatoms. The van der Waals surface area contributed by atoms with Crippen molar-refractivity contribution >= 4 is 5.91 Å². The normalized spacial score (nSPS) is 37.2. The van der Waals surface area contributed by atoms with Gasteiger partial charge in [0.05, 0.1) is 12.5 Å². The number of carbonyl (C=O) groups excluding carboxylic acids is 1. The van der Waals surface area contributed by atoms with E-state index in [1.807, 2.05) is 0 Å². The Balaban J connectivity index is 1.51. The van der Waals surface area contributed by atoms with Gasteiger partial charge in [0.2, 0.25) is 5.91 Å². The van der Waals surface area contributed by atoms with Crippen LogP contribution in [0.4, 0.5) is 0 Å². The number of hydrogen-bond acceptors (Lipinski definition) is 3. The van der Waals surface area contributed by atoms with Gasteiger partial charge in [-0.2, -0.15) is 0 Å². The van der Waals surface area contributed by atoms with Crippen molar-refractivity contribution in [2.75, 3.05) is 32.8 Å². The van der Waals surface area contributed by atoms with Gasteiger partial charge in [0.25, 0.3) is 0 Å². The molecule has 1 amide bonds. The third-order valence-corrected chi connectivity index (χ3v) is 4.48. The van der Waals surface area contributed by atoms with Crippen LogP contribution in [0, 0.1) is 11.8 Å². The first-order valence-corrected chi connectivity index (χ1v) is 6.93. The van der Waals surface area contributed by atoms with E-state index in [1.165, 1.54) is 6.42 Å². The molecule has 3 saturated heterocycles. The third-order valence-electron chi connectivity index (χ3n) is 4.48. The number of ether oxygens (including phenoxy) is 1. The van der Waals surface area contributed by atoms with Crippen molar-refractivity contribution in [3.8, 4) is 0 Å². The second kappa shape index (κ2) is 4.94. The standard InChI is InChI=1S/C13H22N2O2/c16-13(6-12-2-1-5-17-12)15-4-3-10-7-14-8-11(10)9-15/h10-12,14H,1-9H2. The first-order chi connectivity index (χ1) is 8.33. The zero-order valence-corrected chi connectivity index (χ0v) is 10.4. The topological polar surface area (TPSA) is 41.6 Å². The largest absolute Gasteiger partial charge is 0.378 e. The van der Waals surface area contributed by atoms with Gasteiger partial charge in [-0.3, -0.25) is 4.79 Å². The Morgan fingerprint density at radius 1 is 1.29 bits per heavy atom. The van der Waals surface area contributed by atoms with Crippen LogP contribution in [0.1, 0.15) is 25.7 Å².